The van der Waals surface area contributed by atoms with Gasteiger partial charge in [0.05, 0.1) is 11.4 Å². The molecule has 1 fully saturated rings. The largest absolute Gasteiger partial charge is 0.446 e. The molecule has 2 aromatic heterocycles. The zero-order valence-corrected chi connectivity index (χ0v) is 19.8. The zero-order valence-electron chi connectivity index (χ0n) is 19.0. The van der Waals surface area contributed by atoms with Crippen LogP contribution in [-0.2, 0) is 11.3 Å². The SMILES string of the molecule is CC1(C)C(=O)N(c2ccc(SC(F)(F)F)cc2)C(=O)N1Cc1ccnc(-c2nccnc2C(N)=O)c1. The molecule has 3 aromatic rings. The topological polar surface area (TPSA) is 122 Å². The molecule has 2 N–H and O–H groups in total. The van der Waals surface area contributed by atoms with Crippen LogP contribution in [0.3, 0.4) is 0 Å². The molecule has 0 radical (unpaired) electrons. The lowest BCUT2D eigenvalue weighted by Crippen LogP contribution is -2.43. The van der Waals surface area contributed by atoms with Gasteiger partial charge in [-0.1, -0.05) is 0 Å². The van der Waals surface area contributed by atoms with Crippen molar-refractivity contribution in [3.63, 3.8) is 0 Å². The fourth-order valence-electron chi connectivity index (χ4n) is 3.72. The Bertz CT molecular complexity index is 1350. The number of carbonyl (C=O) groups is 3. The molecule has 0 spiro atoms. The molecule has 4 amide bonds. The van der Waals surface area contributed by atoms with Gasteiger partial charge >= 0.3 is 11.5 Å². The lowest BCUT2D eigenvalue weighted by atomic mass is 10.0. The summed E-state index contributed by atoms with van der Waals surface area (Å²) in [5.41, 5.74) is 0.852. The van der Waals surface area contributed by atoms with Crippen LogP contribution >= 0.6 is 11.8 Å². The third kappa shape index (κ3) is 4.87. The molecule has 0 saturated carbocycles. The number of halogens is 3. The second-order valence-electron chi connectivity index (χ2n) is 8.28. The summed E-state index contributed by atoms with van der Waals surface area (Å²) >= 11 is -0.285. The smallest absolute Gasteiger partial charge is 0.364 e. The maximum Gasteiger partial charge on any atom is 0.446 e. The molecule has 0 bridgehead atoms. The number of anilines is 1. The van der Waals surface area contributed by atoms with Crippen molar-refractivity contribution in [2.24, 2.45) is 5.73 Å². The van der Waals surface area contributed by atoms with Gasteiger partial charge in [-0.25, -0.2) is 14.7 Å². The maximum absolute atomic E-state index is 13.3. The first-order valence-electron chi connectivity index (χ1n) is 10.5. The molecule has 9 nitrogen and oxygen atoms in total. The second-order valence-corrected chi connectivity index (χ2v) is 9.42. The molecule has 0 aliphatic carbocycles. The molecular formula is C23H19F3N6O3S. The van der Waals surface area contributed by atoms with Crippen LogP contribution in [0, 0.1) is 0 Å². The van der Waals surface area contributed by atoms with Crippen LogP contribution in [0.25, 0.3) is 11.4 Å². The van der Waals surface area contributed by atoms with Crippen molar-refractivity contribution in [3.05, 3.63) is 66.2 Å². The Morgan fingerprint density at radius 1 is 1.03 bits per heavy atom. The van der Waals surface area contributed by atoms with Crippen molar-refractivity contribution in [3.8, 4) is 11.4 Å². The number of nitrogens with two attached hydrogens (primary N) is 1. The number of rotatable bonds is 6. The van der Waals surface area contributed by atoms with Gasteiger partial charge in [0, 0.05) is 30.0 Å². The molecular weight excluding hydrogens is 497 g/mol. The minimum Gasteiger partial charge on any atom is -0.364 e. The number of primary amides is 1. The van der Waals surface area contributed by atoms with Gasteiger partial charge in [0.1, 0.15) is 11.2 Å². The summed E-state index contributed by atoms with van der Waals surface area (Å²) in [6, 6.07) is 7.63. The first-order chi connectivity index (χ1) is 16.9. The molecule has 186 valence electrons. The Labute approximate surface area is 207 Å². The minimum atomic E-state index is -4.45. The summed E-state index contributed by atoms with van der Waals surface area (Å²) < 4.78 is 37.9. The average Bonchev–Trinajstić information content (AvgIpc) is 2.98. The van der Waals surface area contributed by atoms with Crippen molar-refractivity contribution in [2.45, 2.75) is 36.3 Å². The molecule has 1 saturated heterocycles. The van der Waals surface area contributed by atoms with Gasteiger partial charge < -0.3 is 10.6 Å². The van der Waals surface area contributed by atoms with E-state index in [2.05, 4.69) is 15.0 Å². The number of hydrogen-bond acceptors (Lipinski definition) is 7. The van der Waals surface area contributed by atoms with Crippen molar-refractivity contribution >= 4 is 35.3 Å². The summed E-state index contributed by atoms with van der Waals surface area (Å²) in [6.45, 7) is 3.17. The highest BCUT2D eigenvalue weighted by Crippen LogP contribution is 2.39. The van der Waals surface area contributed by atoms with Crippen LogP contribution in [0.5, 0.6) is 0 Å². The van der Waals surface area contributed by atoms with Gasteiger partial charge in [0.25, 0.3) is 11.8 Å². The Morgan fingerprint density at radius 3 is 2.33 bits per heavy atom. The van der Waals surface area contributed by atoms with Crippen LogP contribution < -0.4 is 10.6 Å². The summed E-state index contributed by atoms with van der Waals surface area (Å²) in [7, 11) is 0. The zero-order chi connectivity index (χ0) is 26.3. The third-order valence-electron chi connectivity index (χ3n) is 5.49. The summed E-state index contributed by atoms with van der Waals surface area (Å²) in [6.07, 6.45) is 4.18. The van der Waals surface area contributed by atoms with Gasteiger partial charge in [0.2, 0.25) is 0 Å². The Kier molecular flexibility index (Phi) is 6.43. The van der Waals surface area contributed by atoms with E-state index in [0.29, 0.717) is 11.3 Å². The number of aromatic nitrogens is 3. The number of urea groups is 1. The molecule has 3 heterocycles. The van der Waals surface area contributed by atoms with Crippen LogP contribution in [-0.4, -0.2) is 48.7 Å². The number of hydrogen-bond donors (Lipinski definition) is 1. The number of pyridine rings is 1. The van der Waals surface area contributed by atoms with Crippen molar-refractivity contribution in [2.75, 3.05) is 4.90 Å². The number of nitrogens with zero attached hydrogens (tertiary/aromatic N) is 5. The molecule has 0 unspecified atom stereocenters. The van der Waals surface area contributed by atoms with E-state index in [1.54, 1.807) is 26.0 Å². The van der Waals surface area contributed by atoms with Gasteiger partial charge in [-0.15, -0.1) is 0 Å². The predicted octanol–water partition coefficient (Wildman–Crippen LogP) is 4.00. The van der Waals surface area contributed by atoms with Gasteiger partial charge in [-0.2, -0.15) is 13.2 Å². The summed E-state index contributed by atoms with van der Waals surface area (Å²) in [4.78, 5) is 52.7. The monoisotopic (exact) mass is 516 g/mol. The van der Waals surface area contributed by atoms with Gasteiger partial charge in [-0.3, -0.25) is 19.6 Å². The lowest BCUT2D eigenvalue weighted by Gasteiger charge is -2.27. The van der Waals surface area contributed by atoms with E-state index in [1.165, 1.54) is 47.8 Å². The number of amides is 4. The Morgan fingerprint density at radius 2 is 1.69 bits per heavy atom. The van der Waals surface area contributed by atoms with Crippen molar-refractivity contribution in [1.82, 2.24) is 19.9 Å². The number of alkyl halides is 3. The van der Waals surface area contributed by atoms with Crippen LogP contribution in [0.2, 0.25) is 0 Å². The highest BCUT2D eigenvalue weighted by molar-refractivity contribution is 8.00. The van der Waals surface area contributed by atoms with Crippen molar-refractivity contribution < 1.29 is 27.6 Å². The van der Waals surface area contributed by atoms with E-state index in [9.17, 15) is 27.6 Å². The molecule has 13 heteroatoms. The van der Waals surface area contributed by atoms with E-state index < -0.39 is 28.9 Å². The minimum absolute atomic E-state index is 0.0117. The number of benzene rings is 1. The quantitative estimate of drug-likeness (QED) is 0.388. The fraction of sp³-hybridized carbons (Fsp3) is 0.217. The number of thioether (sulfide) groups is 1. The first kappa shape index (κ1) is 25.1. The summed E-state index contributed by atoms with van der Waals surface area (Å²) in [5.74, 6) is -1.30. The van der Waals surface area contributed by atoms with Crippen molar-refractivity contribution in [1.29, 1.82) is 0 Å². The lowest BCUT2D eigenvalue weighted by molar-refractivity contribution is -0.123. The predicted molar refractivity (Wildman–Crippen MR) is 125 cm³/mol. The van der Waals surface area contributed by atoms with Crippen LogP contribution in [0.15, 0.2) is 59.9 Å². The standard InChI is InChI=1S/C23H19F3N6O3S/c1-22(2)20(34)32(14-3-5-15(6-4-14)36-23(24,25)26)21(35)31(22)12-13-7-8-28-16(11-13)17-18(19(27)33)30-10-9-29-17/h3-11H,12H2,1-2H3,(H2,27,33). The Balaban J connectivity index is 1.61. The normalized spacial score (nSPS) is 15.5. The van der Waals surface area contributed by atoms with E-state index in [1.807, 2.05) is 0 Å². The number of carbonyl (C=O) groups excluding carboxylic acids is 3. The van der Waals surface area contributed by atoms with Gasteiger partial charge in [-0.05, 0) is 67.6 Å². The van der Waals surface area contributed by atoms with E-state index in [4.69, 9.17) is 5.73 Å². The highest BCUT2D eigenvalue weighted by atomic mass is 32.2. The number of imide groups is 1. The third-order valence-corrected chi connectivity index (χ3v) is 6.23. The molecule has 1 aliphatic heterocycles. The van der Waals surface area contributed by atoms with E-state index in [0.717, 1.165) is 4.90 Å². The Hall–Kier alpha value is -4.00. The van der Waals surface area contributed by atoms with Crippen LogP contribution in [0.4, 0.5) is 23.7 Å². The van der Waals surface area contributed by atoms with E-state index in [-0.39, 0.29) is 40.3 Å². The molecule has 0 atom stereocenters. The average molecular weight is 517 g/mol. The van der Waals surface area contributed by atoms with E-state index >= 15 is 0 Å². The van der Waals surface area contributed by atoms with Gasteiger partial charge in [0.15, 0.2) is 5.69 Å². The molecule has 1 aromatic carbocycles. The second kappa shape index (κ2) is 9.22. The molecule has 36 heavy (non-hydrogen) atoms. The highest BCUT2D eigenvalue weighted by Gasteiger charge is 2.51. The molecule has 1 aliphatic rings. The van der Waals surface area contributed by atoms with Crippen LogP contribution in [0.1, 0.15) is 29.9 Å². The first-order valence-corrected chi connectivity index (χ1v) is 11.3. The summed E-state index contributed by atoms with van der Waals surface area (Å²) in [5, 5.41) is 0. The molecule has 4 rings (SSSR count). The maximum atomic E-state index is 13.3. The fourth-order valence-corrected chi connectivity index (χ4v) is 4.26.